The largest absolute Gasteiger partial charge is 0.493 e. The third-order valence-corrected chi connectivity index (χ3v) is 5.98. The van der Waals surface area contributed by atoms with Crippen molar-refractivity contribution in [2.75, 3.05) is 40.2 Å². The molecule has 1 aliphatic heterocycles. The number of anilines is 1. The van der Waals surface area contributed by atoms with Crippen LogP contribution < -0.4 is 25.3 Å². The van der Waals surface area contributed by atoms with Gasteiger partial charge in [0.25, 0.3) is 5.91 Å². The molecule has 2 heterocycles. The first-order valence-electron chi connectivity index (χ1n) is 9.29. The Morgan fingerprint density at radius 3 is 2.40 bits per heavy atom. The summed E-state index contributed by atoms with van der Waals surface area (Å²) in [6, 6.07) is 3.47. The number of ether oxygens (including phenoxy) is 3. The number of fused-ring (bicyclic) bond motifs is 1. The maximum atomic E-state index is 12.5. The molecule has 1 aromatic heterocycles. The van der Waals surface area contributed by atoms with Crippen molar-refractivity contribution in [1.29, 1.82) is 0 Å². The first-order valence-corrected chi connectivity index (χ1v) is 10.1. The second-order valence-corrected chi connectivity index (χ2v) is 7.95. The van der Waals surface area contributed by atoms with E-state index in [1.165, 1.54) is 38.7 Å². The van der Waals surface area contributed by atoms with Gasteiger partial charge in [-0.1, -0.05) is 0 Å². The van der Waals surface area contributed by atoms with Gasteiger partial charge in [0.2, 0.25) is 11.7 Å². The summed E-state index contributed by atoms with van der Waals surface area (Å²) in [6.45, 7) is 1.58. The van der Waals surface area contributed by atoms with Crippen molar-refractivity contribution in [1.82, 2.24) is 4.90 Å². The highest BCUT2D eigenvalue weighted by Crippen LogP contribution is 2.39. The predicted octanol–water partition coefficient (Wildman–Crippen LogP) is 2.51. The van der Waals surface area contributed by atoms with Gasteiger partial charge in [-0.25, -0.2) is 0 Å². The zero-order valence-electron chi connectivity index (χ0n) is 17.4. The fourth-order valence-corrected chi connectivity index (χ4v) is 4.74. The molecule has 3 N–H and O–H groups in total. The van der Waals surface area contributed by atoms with E-state index in [1.807, 2.05) is 7.05 Å². The molecular formula is C21H25N3O5S. The van der Waals surface area contributed by atoms with E-state index in [2.05, 4.69) is 10.2 Å². The molecule has 30 heavy (non-hydrogen) atoms. The summed E-state index contributed by atoms with van der Waals surface area (Å²) < 4.78 is 16.0. The van der Waals surface area contributed by atoms with Gasteiger partial charge in [-0.05, 0) is 42.8 Å². The topological polar surface area (TPSA) is 103 Å². The van der Waals surface area contributed by atoms with Gasteiger partial charge in [0.1, 0.15) is 5.00 Å². The SMILES string of the molecule is COc1cc(/C=C/C(=O)Nc2sc3c(c2C(N)=O)CCN(C)C3)cc(OC)c1OC. The summed E-state index contributed by atoms with van der Waals surface area (Å²) in [7, 11) is 6.60. The lowest BCUT2D eigenvalue weighted by Gasteiger charge is -2.22. The quantitative estimate of drug-likeness (QED) is 0.653. The maximum Gasteiger partial charge on any atom is 0.251 e. The zero-order chi connectivity index (χ0) is 21.8. The molecule has 0 aliphatic carbocycles. The van der Waals surface area contributed by atoms with Crippen molar-refractivity contribution >= 4 is 34.2 Å². The molecule has 2 aromatic rings. The van der Waals surface area contributed by atoms with E-state index in [4.69, 9.17) is 19.9 Å². The summed E-state index contributed by atoms with van der Waals surface area (Å²) >= 11 is 1.40. The highest BCUT2D eigenvalue weighted by molar-refractivity contribution is 7.17. The number of primary amides is 1. The molecule has 160 valence electrons. The Morgan fingerprint density at radius 2 is 1.83 bits per heavy atom. The third kappa shape index (κ3) is 4.42. The van der Waals surface area contributed by atoms with E-state index in [0.29, 0.717) is 33.4 Å². The Hall–Kier alpha value is -3.04. The van der Waals surface area contributed by atoms with E-state index in [0.717, 1.165) is 30.0 Å². The van der Waals surface area contributed by atoms with Crippen LogP contribution in [0.4, 0.5) is 5.00 Å². The number of carbonyl (C=O) groups excluding carboxylic acids is 2. The number of nitrogens with two attached hydrogens (primary N) is 1. The molecule has 0 saturated heterocycles. The van der Waals surface area contributed by atoms with Crippen molar-refractivity contribution in [3.63, 3.8) is 0 Å². The lowest BCUT2D eigenvalue weighted by atomic mass is 10.0. The number of rotatable bonds is 7. The number of benzene rings is 1. The second kappa shape index (κ2) is 9.19. The molecule has 1 aromatic carbocycles. The Balaban J connectivity index is 1.83. The van der Waals surface area contributed by atoms with E-state index < -0.39 is 5.91 Å². The van der Waals surface area contributed by atoms with Crippen molar-refractivity contribution < 1.29 is 23.8 Å². The number of thiophene rings is 1. The summed E-state index contributed by atoms with van der Waals surface area (Å²) in [5.74, 6) is 0.562. The van der Waals surface area contributed by atoms with Gasteiger partial charge in [0, 0.05) is 24.0 Å². The monoisotopic (exact) mass is 431 g/mol. The van der Waals surface area contributed by atoms with Gasteiger partial charge in [-0.2, -0.15) is 0 Å². The number of carbonyl (C=O) groups is 2. The number of methoxy groups -OCH3 is 3. The Morgan fingerprint density at radius 1 is 1.17 bits per heavy atom. The maximum absolute atomic E-state index is 12.5. The van der Waals surface area contributed by atoms with Crippen LogP contribution in [0.5, 0.6) is 17.2 Å². The minimum atomic E-state index is -0.527. The van der Waals surface area contributed by atoms with Crippen LogP contribution in [0.15, 0.2) is 18.2 Å². The van der Waals surface area contributed by atoms with Crippen LogP contribution in [0.1, 0.15) is 26.4 Å². The average Bonchev–Trinajstić information content (AvgIpc) is 3.08. The van der Waals surface area contributed by atoms with Crippen LogP contribution in [-0.4, -0.2) is 51.6 Å². The van der Waals surface area contributed by atoms with E-state index >= 15 is 0 Å². The van der Waals surface area contributed by atoms with Crippen molar-refractivity contribution in [3.8, 4) is 17.2 Å². The summed E-state index contributed by atoms with van der Waals surface area (Å²) in [5.41, 5.74) is 7.64. The lowest BCUT2D eigenvalue weighted by molar-refractivity contribution is -0.111. The van der Waals surface area contributed by atoms with E-state index in [1.54, 1.807) is 18.2 Å². The van der Waals surface area contributed by atoms with Crippen LogP contribution in [0.3, 0.4) is 0 Å². The molecule has 0 atom stereocenters. The third-order valence-electron chi connectivity index (χ3n) is 4.85. The number of nitrogens with one attached hydrogen (secondary N) is 1. The number of likely N-dealkylation sites (N-methyl/N-ethyl adjacent to an activating group) is 1. The van der Waals surface area contributed by atoms with E-state index in [-0.39, 0.29) is 5.91 Å². The van der Waals surface area contributed by atoms with Crippen LogP contribution >= 0.6 is 11.3 Å². The van der Waals surface area contributed by atoms with Gasteiger partial charge in [-0.3, -0.25) is 9.59 Å². The summed E-state index contributed by atoms with van der Waals surface area (Å²) in [4.78, 5) is 27.8. The van der Waals surface area contributed by atoms with Gasteiger partial charge in [0.15, 0.2) is 11.5 Å². The Bertz CT molecular complexity index is 974. The highest BCUT2D eigenvalue weighted by Gasteiger charge is 2.26. The standard InChI is InChI=1S/C21H25N3O5S/c1-24-8-7-13-16(11-24)30-21(18(13)20(22)26)23-17(25)6-5-12-9-14(27-2)19(29-4)15(10-12)28-3/h5-6,9-10H,7-8,11H2,1-4H3,(H2,22,26)(H,23,25)/b6-5+. The number of hydrogen-bond acceptors (Lipinski definition) is 7. The summed E-state index contributed by atoms with van der Waals surface area (Å²) in [6.07, 6.45) is 3.75. The average molecular weight is 432 g/mol. The fourth-order valence-electron chi connectivity index (χ4n) is 3.40. The number of nitrogens with zero attached hydrogens (tertiary/aromatic N) is 1. The first kappa shape index (κ1) is 21.7. The van der Waals surface area contributed by atoms with Gasteiger partial charge < -0.3 is 30.2 Å². The van der Waals surface area contributed by atoms with Crippen LogP contribution in [0.2, 0.25) is 0 Å². The summed E-state index contributed by atoms with van der Waals surface area (Å²) in [5, 5.41) is 3.29. The first-order chi connectivity index (χ1) is 14.4. The molecule has 1 aliphatic rings. The molecule has 0 unspecified atom stereocenters. The number of amides is 2. The van der Waals surface area contributed by atoms with Gasteiger partial charge in [0.05, 0.1) is 26.9 Å². The molecular weight excluding hydrogens is 406 g/mol. The van der Waals surface area contributed by atoms with E-state index in [9.17, 15) is 9.59 Å². The molecule has 2 amide bonds. The molecule has 0 saturated carbocycles. The minimum Gasteiger partial charge on any atom is -0.493 e. The van der Waals surface area contributed by atoms with Crippen molar-refractivity contribution in [2.24, 2.45) is 5.73 Å². The van der Waals surface area contributed by atoms with Gasteiger partial charge in [-0.15, -0.1) is 11.3 Å². The predicted molar refractivity (Wildman–Crippen MR) is 117 cm³/mol. The van der Waals surface area contributed by atoms with Crippen LogP contribution in [0, 0.1) is 0 Å². The van der Waals surface area contributed by atoms with Gasteiger partial charge >= 0.3 is 0 Å². The highest BCUT2D eigenvalue weighted by atomic mass is 32.1. The van der Waals surface area contributed by atoms with Crippen molar-refractivity contribution in [3.05, 3.63) is 39.8 Å². The molecule has 9 heteroatoms. The fraction of sp³-hybridized carbons (Fsp3) is 0.333. The second-order valence-electron chi connectivity index (χ2n) is 6.84. The molecule has 0 fully saturated rings. The lowest BCUT2D eigenvalue weighted by Crippen LogP contribution is -2.27. The van der Waals surface area contributed by atoms with Crippen LogP contribution in [-0.2, 0) is 17.8 Å². The van der Waals surface area contributed by atoms with Crippen molar-refractivity contribution in [2.45, 2.75) is 13.0 Å². The Labute approximate surface area is 179 Å². The normalized spacial score (nSPS) is 13.7. The Kier molecular flexibility index (Phi) is 6.63. The smallest absolute Gasteiger partial charge is 0.251 e. The molecule has 0 spiro atoms. The van der Waals surface area contributed by atoms with Crippen LogP contribution in [0.25, 0.3) is 6.08 Å². The molecule has 8 nitrogen and oxygen atoms in total. The minimum absolute atomic E-state index is 0.363. The zero-order valence-corrected chi connectivity index (χ0v) is 18.2. The molecule has 0 radical (unpaired) electrons. The molecule has 0 bridgehead atoms. The number of hydrogen-bond donors (Lipinski definition) is 2. The molecule has 3 rings (SSSR count).